The van der Waals surface area contributed by atoms with Crippen molar-refractivity contribution in [1.82, 2.24) is 10.2 Å². The van der Waals surface area contributed by atoms with Crippen LogP contribution in [0, 0.1) is 0 Å². The molecule has 1 saturated carbocycles. The molecule has 16 heavy (non-hydrogen) atoms. The second kappa shape index (κ2) is 4.89. The smallest absolute Gasteiger partial charge is 0.378 e. The van der Waals surface area contributed by atoms with Gasteiger partial charge in [-0.3, -0.25) is 4.90 Å². The molecule has 1 unspecified atom stereocenters. The molecule has 1 aliphatic heterocycles. The van der Waals surface area contributed by atoms with Crippen molar-refractivity contribution in [3.05, 3.63) is 0 Å². The maximum Gasteiger partial charge on any atom is 0.401 e. The van der Waals surface area contributed by atoms with Gasteiger partial charge in [0.05, 0.1) is 19.8 Å². The van der Waals surface area contributed by atoms with E-state index < -0.39 is 12.7 Å². The first kappa shape index (κ1) is 12.1. The molecule has 2 aliphatic rings. The van der Waals surface area contributed by atoms with Gasteiger partial charge in [0.25, 0.3) is 0 Å². The molecular weight excluding hydrogens is 221 g/mol. The third-order valence-corrected chi connectivity index (χ3v) is 2.95. The Bertz CT molecular complexity index is 231. The van der Waals surface area contributed by atoms with Crippen molar-refractivity contribution in [2.45, 2.75) is 31.1 Å². The Morgan fingerprint density at radius 1 is 1.31 bits per heavy atom. The van der Waals surface area contributed by atoms with Crippen molar-refractivity contribution in [3.63, 3.8) is 0 Å². The molecule has 0 aromatic carbocycles. The van der Waals surface area contributed by atoms with Crippen molar-refractivity contribution in [3.8, 4) is 0 Å². The van der Waals surface area contributed by atoms with E-state index in [9.17, 15) is 13.2 Å². The number of nitrogens with one attached hydrogen (secondary N) is 1. The molecule has 1 heterocycles. The van der Waals surface area contributed by atoms with E-state index >= 15 is 0 Å². The summed E-state index contributed by atoms with van der Waals surface area (Å²) in [5, 5.41) is 3.25. The highest BCUT2D eigenvalue weighted by atomic mass is 19.4. The number of rotatable bonds is 4. The van der Waals surface area contributed by atoms with E-state index in [1.807, 2.05) is 0 Å². The Kier molecular flexibility index (Phi) is 3.71. The topological polar surface area (TPSA) is 24.5 Å². The molecule has 0 aromatic rings. The maximum atomic E-state index is 12.3. The lowest BCUT2D eigenvalue weighted by Crippen LogP contribution is -2.53. The number of hydrogen-bond donors (Lipinski definition) is 1. The monoisotopic (exact) mass is 238 g/mol. The average molecular weight is 238 g/mol. The molecule has 0 radical (unpaired) electrons. The molecule has 0 spiro atoms. The first-order chi connectivity index (χ1) is 7.54. The Morgan fingerprint density at radius 3 is 2.69 bits per heavy atom. The summed E-state index contributed by atoms with van der Waals surface area (Å²) in [7, 11) is 0. The van der Waals surface area contributed by atoms with Crippen molar-refractivity contribution in [2.75, 3.05) is 32.8 Å². The minimum atomic E-state index is -4.12. The third kappa shape index (κ3) is 3.92. The fraction of sp³-hybridized carbons (Fsp3) is 1.00. The lowest BCUT2D eigenvalue weighted by molar-refractivity contribution is -0.161. The highest BCUT2D eigenvalue weighted by molar-refractivity contribution is 4.85. The number of morpholine rings is 1. The van der Waals surface area contributed by atoms with Gasteiger partial charge in [-0.25, -0.2) is 0 Å². The molecule has 3 nitrogen and oxygen atoms in total. The Labute approximate surface area is 92.9 Å². The van der Waals surface area contributed by atoms with Gasteiger partial charge in [0, 0.05) is 25.2 Å². The predicted octanol–water partition coefficient (Wildman–Crippen LogP) is 1.00. The molecule has 1 aliphatic carbocycles. The lowest BCUT2D eigenvalue weighted by Gasteiger charge is -2.36. The molecular formula is C10H17F3N2O. The van der Waals surface area contributed by atoms with Crippen LogP contribution >= 0.6 is 0 Å². The predicted molar refractivity (Wildman–Crippen MR) is 53.3 cm³/mol. The first-order valence-corrected chi connectivity index (χ1v) is 5.66. The fourth-order valence-corrected chi connectivity index (χ4v) is 1.91. The van der Waals surface area contributed by atoms with Crippen LogP contribution in [0.15, 0.2) is 0 Å². The summed E-state index contributed by atoms with van der Waals surface area (Å²) in [4.78, 5) is 1.47. The summed E-state index contributed by atoms with van der Waals surface area (Å²) in [5.41, 5.74) is 0. The summed E-state index contributed by atoms with van der Waals surface area (Å²) in [6.45, 7) is 0.941. The zero-order chi connectivity index (χ0) is 11.6. The number of alkyl halides is 3. The largest absolute Gasteiger partial charge is 0.401 e. The number of hydrogen-bond acceptors (Lipinski definition) is 3. The average Bonchev–Trinajstić information content (AvgIpc) is 2.98. The van der Waals surface area contributed by atoms with Crippen LogP contribution in [0.1, 0.15) is 12.8 Å². The molecule has 0 amide bonds. The van der Waals surface area contributed by atoms with E-state index in [0.717, 1.165) is 12.8 Å². The highest BCUT2D eigenvalue weighted by Gasteiger charge is 2.35. The van der Waals surface area contributed by atoms with Crippen LogP contribution in [-0.4, -0.2) is 56.0 Å². The van der Waals surface area contributed by atoms with Gasteiger partial charge in [-0.1, -0.05) is 0 Å². The first-order valence-electron chi connectivity index (χ1n) is 5.66. The van der Waals surface area contributed by atoms with Gasteiger partial charge in [-0.15, -0.1) is 0 Å². The molecule has 1 N–H and O–H groups in total. The van der Waals surface area contributed by atoms with Crippen LogP contribution in [0.4, 0.5) is 13.2 Å². The van der Waals surface area contributed by atoms with Crippen molar-refractivity contribution < 1.29 is 17.9 Å². The van der Waals surface area contributed by atoms with Crippen molar-refractivity contribution in [2.24, 2.45) is 0 Å². The summed E-state index contributed by atoms with van der Waals surface area (Å²) in [5.74, 6) is 0. The zero-order valence-corrected chi connectivity index (χ0v) is 9.09. The molecule has 1 atom stereocenters. The number of ether oxygens (including phenoxy) is 1. The summed E-state index contributed by atoms with van der Waals surface area (Å²) in [6, 6.07) is 0.380. The molecule has 6 heteroatoms. The SMILES string of the molecule is FC(F)(F)CN1CCOCC1CNC1CC1. The lowest BCUT2D eigenvalue weighted by atomic mass is 10.2. The number of halogens is 3. The van der Waals surface area contributed by atoms with E-state index in [0.29, 0.717) is 32.3 Å². The summed E-state index contributed by atoms with van der Waals surface area (Å²) < 4.78 is 42.2. The van der Waals surface area contributed by atoms with Gasteiger partial charge >= 0.3 is 6.18 Å². The van der Waals surface area contributed by atoms with E-state index in [1.54, 1.807) is 0 Å². The van der Waals surface area contributed by atoms with E-state index in [4.69, 9.17) is 4.74 Å². The van der Waals surface area contributed by atoms with Crippen LogP contribution in [-0.2, 0) is 4.74 Å². The van der Waals surface area contributed by atoms with Gasteiger partial charge in [0.1, 0.15) is 0 Å². The van der Waals surface area contributed by atoms with Gasteiger partial charge in [0.2, 0.25) is 0 Å². The van der Waals surface area contributed by atoms with Gasteiger partial charge < -0.3 is 10.1 Å². The second-order valence-corrected chi connectivity index (χ2v) is 4.50. The zero-order valence-electron chi connectivity index (χ0n) is 9.09. The molecule has 2 fully saturated rings. The van der Waals surface area contributed by atoms with Crippen LogP contribution in [0.2, 0.25) is 0 Å². The van der Waals surface area contributed by atoms with Gasteiger partial charge in [-0.2, -0.15) is 13.2 Å². The number of nitrogens with zero attached hydrogens (tertiary/aromatic N) is 1. The minimum Gasteiger partial charge on any atom is -0.378 e. The molecule has 0 aromatic heterocycles. The van der Waals surface area contributed by atoms with Crippen LogP contribution in [0.3, 0.4) is 0 Å². The Balaban J connectivity index is 1.80. The summed E-state index contributed by atoms with van der Waals surface area (Å²) >= 11 is 0. The van der Waals surface area contributed by atoms with Gasteiger partial charge in [-0.05, 0) is 12.8 Å². The second-order valence-electron chi connectivity index (χ2n) is 4.50. The maximum absolute atomic E-state index is 12.3. The quantitative estimate of drug-likeness (QED) is 0.791. The van der Waals surface area contributed by atoms with Gasteiger partial charge in [0.15, 0.2) is 0 Å². The Hall–Kier alpha value is -0.330. The van der Waals surface area contributed by atoms with Crippen molar-refractivity contribution in [1.29, 1.82) is 0 Å². The van der Waals surface area contributed by atoms with E-state index in [2.05, 4.69) is 5.32 Å². The highest BCUT2D eigenvalue weighted by Crippen LogP contribution is 2.21. The van der Waals surface area contributed by atoms with Crippen LogP contribution in [0.5, 0.6) is 0 Å². The molecule has 1 saturated heterocycles. The van der Waals surface area contributed by atoms with Crippen molar-refractivity contribution >= 4 is 0 Å². The van der Waals surface area contributed by atoms with E-state index in [-0.39, 0.29) is 6.04 Å². The molecule has 94 valence electrons. The normalized spacial score (nSPS) is 28.3. The van der Waals surface area contributed by atoms with Crippen LogP contribution in [0.25, 0.3) is 0 Å². The van der Waals surface area contributed by atoms with Crippen LogP contribution < -0.4 is 5.32 Å². The molecule has 0 bridgehead atoms. The fourth-order valence-electron chi connectivity index (χ4n) is 1.91. The Morgan fingerprint density at radius 2 is 2.06 bits per heavy atom. The van der Waals surface area contributed by atoms with E-state index in [1.165, 1.54) is 4.90 Å². The summed E-state index contributed by atoms with van der Waals surface area (Å²) in [6.07, 6.45) is -1.82. The minimum absolute atomic E-state index is 0.143. The molecule has 2 rings (SSSR count). The third-order valence-electron chi connectivity index (χ3n) is 2.95. The standard InChI is InChI=1S/C10H17F3N2O/c11-10(12,13)7-15-3-4-16-6-9(15)5-14-8-1-2-8/h8-9,14H,1-7H2.